The van der Waals surface area contributed by atoms with Crippen LogP contribution in [-0.2, 0) is 0 Å². The topological polar surface area (TPSA) is 30.0 Å². The predicted molar refractivity (Wildman–Crippen MR) is 63.9 cm³/mol. The Morgan fingerprint density at radius 2 is 1.81 bits per heavy atom. The lowest BCUT2D eigenvalue weighted by molar-refractivity contribution is 0.103. The molecule has 0 N–H and O–H groups in total. The minimum atomic E-state index is -0.0257. The van der Waals surface area contributed by atoms with E-state index in [-0.39, 0.29) is 5.78 Å². The van der Waals surface area contributed by atoms with E-state index in [1.54, 1.807) is 31.2 Å². The second-order valence-electron chi connectivity index (χ2n) is 3.46. The van der Waals surface area contributed by atoms with Gasteiger partial charge in [0.15, 0.2) is 5.78 Å². The number of aromatic nitrogens is 1. The monoisotopic (exact) mass is 231 g/mol. The molecule has 0 aliphatic carbocycles. The van der Waals surface area contributed by atoms with Gasteiger partial charge in [-0.25, -0.2) is 4.98 Å². The highest BCUT2D eigenvalue weighted by Crippen LogP contribution is 2.15. The second-order valence-corrected chi connectivity index (χ2v) is 3.85. The maximum atomic E-state index is 12.1. The van der Waals surface area contributed by atoms with Crippen molar-refractivity contribution in [2.75, 3.05) is 0 Å². The van der Waals surface area contributed by atoms with Crippen molar-refractivity contribution >= 4 is 17.4 Å². The lowest BCUT2D eigenvalue weighted by Crippen LogP contribution is -2.04. The van der Waals surface area contributed by atoms with Crippen molar-refractivity contribution in [3.05, 3.63) is 64.4 Å². The normalized spacial score (nSPS) is 10.1. The molecule has 0 atom stereocenters. The van der Waals surface area contributed by atoms with Crippen molar-refractivity contribution in [2.45, 2.75) is 6.92 Å². The summed E-state index contributed by atoms with van der Waals surface area (Å²) >= 11 is 5.75. The van der Waals surface area contributed by atoms with E-state index in [9.17, 15) is 4.79 Å². The van der Waals surface area contributed by atoms with E-state index in [0.29, 0.717) is 22.0 Å². The molecule has 80 valence electrons. The van der Waals surface area contributed by atoms with Crippen molar-refractivity contribution < 1.29 is 4.79 Å². The van der Waals surface area contributed by atoms with Crippen LogP contribution in [0, 0.1) is 6.92 Å². The smallest absolute Gasteiger partial charge is 0.194 e. The Labute approximate surface area is 98.9 Å². The molecule has 0 radical (unpaired) electrons. The van der Waals surface area contributed by atoms with Crippen LogP contribution in [0.15, 0.2) is 42.5 Å². The van der Waals surface area contributed by atoms with E-state index in [0.717, 1.165) is 0 Å². The molecule has 0 aliphatic heterocycles. The van der Waals surface area contributed by atoms with E-state index < -0.39 is 0 Å². The van der Waals surface area contributed by atoms with Crippen molar-refractivity contribution in [1.29, 1.82) is 0 Å². The molecule has 3 heteroatoms. The van der Waals surface area contributed by atoms with E-state index in [1.807, 2.05) is 18.2 Å². The highest BCUT2D eigenvalue weighted by atomic mass is 35.5. The van der Waals surface area contributed by atoms with Gasteiger partial charge < -0.3 is 0 Å². The second kappa shape index (κ2) is 4.45. The summed E-state index contributed by atoms with van der Waals surface area (Å²) in [6, 6.07) is 12.5. The van der Waals surface area contributed by atoms with Crippen LogP contribution in [0.3, 0.4) is 0 Å². The third-order valence-electron chi connectivity index (χ3n) is 2.33. The number of nitrogens with zero attached hydrogens (tertiary/aromatic N) is 1. The Morgan fingerprint density at radius 1 is 1.12 bits per heavy atom. The number of carbonyl (C=O) groups excluding carboxylic acids is 1. The zero-order chi connectivity index (χ0) is 11.5. The SMILES string of the molecule is Cc1nc(Cl)ccc1C(=O)c1ccccc1. The van der Waals surface area contributed by atoms with Crippen LogP contribution in [0.1, 0.15) is 21.6 Å². The van der Waals surface area contributed by atoms with Crippen molar-refractivity contribution in [2.24, 2.45) is 0 Å². The summed E-state index contributed by atoms with van der Waals surface area (Å²) in [6.45, 7) is 1.78. The van der Waals surface area contributed by atoms with Crippen LogP contribution in [0.4, 0.5) is 0 Å². The lowest BCUT2D eigenvalue weighted by Gasteiger charge is -2.04. The number of carbonyl (C=O) groups is 1. The summed E-state index contributed by atoms with van der Waals surface area (Å²) in [6.07, 6.45) is 0. The minimum Gasteiger partial charge on any atom is -0.289 e. The molecule has 16 heavy (non-hydrogen) atoms. The zero-order valence-corrected chi connectivity index (χ0v) is 9.53. The molecule has 0 unspecified atom stereocenters. The molecule has 0 saturated carbocycles. The number of rotatable bonds is 2. The van der Waals surface area contributed by atoms with Gasteiger partial charge in [0.2, 0.25) is 0 Å². The van der Waals surface area contributed by atoms with Gasteiger partial charge in [0.1, 0.15) is 5.15 Å². The molecule has 1 heterocycles. The van der Waals surface area contributed by atoms with E-state index in [2.05, 4.69) is 4.98 Å². The summed E-state index contributed by atoms with van der Waals surface area (Å²) in [5, 5.41) is 0.405. The largest absolute Gasteiger partial charge is 0.289 e. The van der Waals surface area contributed by atoms with Gasteiger partial charge in [0.25, 0.3) is 0 Å². The lowest BCUT2D eigenvalue weighted by atomic mass is 10.0. The Kier molecular flexibility index (Phi) is 3.02. The highest BCUT2D eigenvalue weighted by Gasteiger charge is 2.11. The van der Waals surface area contributed by atoms with Gasteiger partial charge in [-0.2, -0.15) is 0 Å². The number of aryl methyl sites for hydroxylation is 1. The van der Waals surface area contributed by atoms with Crippen molar-refractivity contribution in [3.8, 4) is 0 Å². The average molecular weight is 232 g/mol. The molecular formula is C13H10ClNO. The summed E-state index contributed by atoms with van der Waals surface area (Å²) < 4.78 is 0. The molecule has 0 fully saturated rings. The van der Waals surface area contributed by atoms with Gasteiger partial charge in [-0.05, 0) is 19.1 Å². The van der Waals surface area contributed by atoms with Gasteiger partial charge in [-0.3, -0.25) is 4.79 Å². The summed E-state index contributed by atoms with van der Waals surface area (Å²) in [7, 11) is 0. The standard InChI is InChI=1S/C13H10ClNO/c1-9-11(7-8-12(14)15-9)13(16)10-5-3-2-4-6-10/h2-8H,1H3. The molecule has 2 nitrogen and oxygen atoms in total. The molecule has 0 amide bonds. The van der Waals surface area contributed by atoms with Crippen LogP contribution < -0.4 is 0 Å². The van der Waals surface area contributed by atoms with Crippen molar-refractivity contribution in [3.63, 3.8) is 0 Å². The predicted octanol–water partition coefficient (Wildman–Crippen LogP) is 3.27. The van der Waals surface area contributed by atoms with Gasteiger partial charge in [0.05, 0.1) is 5.69 Å². The number of halogens is 1. The molecule has 0 aliphatic rings. The zero-order valence-electron chi connectivity index (χ0n) is 8.77. The number of benzene rings is 1. The van der Waals surface area contributed by atoms with Gasteiger partial charge in [-0.1, -0.05) is 41.9 Å². The Hall–Kier alpha value is -1.67. The van der Waals surface area contributed by atoms with E-state index >= 15 is 0 Å². The first-order chi connectivity index (χ1) is 7.68. The fraction of sp³-hybridized carbons (Fsp3) is 0.0769. The van der Waals surface area contributed by atoms with E-state index in [1.165, 1.54) is 0 Å². The average Bonchev–Trinajstić information content (AvgIpc) is 2.29. The Bertz CT molecular complexity index is 523. The first-order valence-electron chi connectivity index (χ1n) is 4.91. The molecule has 2 rings (SSSR count). The molecule has 0 spiro atoms. The first kappa shape index (κ1) is 10.8. The molecule has 1 aromatic heterocycles. The van der Waals surface area contributed by atoms with Crippen LogP contribution >= 0.6 is 11.6 Å². The quantitative estimate of drug-likeness (QED) is 0.587. The van der Waals surface area contributed by atoms with Gasteiger partial charge in [-0.15, -0.1) is 0 Å². The third-order valence-corrected chi connectivity index (χ3v) is 2.54. The number of pyridine rings is 1. The Morgan fingerprint density at radius 3 is 2.44 bits per heavy atom. The van der Waals surface area contributed by atoms with E-state index in [4.69, 9.17) is 11.6 Å². The van der Waals surface area contributed by atoms with Crippen LogP contribution in [0.2, 0.25) is 5.15 Å². The number of hydrogen-bond donors (Lipinski definition) is 0. The molecule has 0 saturated heterocycles. The molecule has 2 aromatic rings. The number of hydrogen-bond acceptors (Lipinski definition) is 2. The van der Waals surface area contributed by atoms with Crippen molar-refractivity contribution in [1.82, 2.24) is 4.98 Å². The molecule has 1 aromatic carbocycles. The minimum absolute atomic E-state index is 0.0257. The number of ketones is 1. The first-order valence-corrected chi connectivity index (χ1v) is 5.29. The fourth-order valence-electron chi connectivity index (χ4n) is 1.52. The van der Waals surface area contributed by atoms with Crippen LogP contribution in [0.5, 0.6) is 0 Å². The highest BCUT2D eigenvalue weighted by molar-refractivity contribution is 6.29. The Balaban J connectivity index is 2.42. The summed E-state index contributed by atoms with van der Waals surface area (Å²) in [5.41, 5.74) is 1.91. The fourth-order valence-corrected chi connectivity index (χ4v) is 1.71. The van der Waals surface area contributed by atoms with Gasteiger partial charge in [0, 0.05) is 11.1 Å². The molecular weight excluding hydrogens is 222 g/mol. The third kappa shape index (κ3) is 2.12. The maximum Gasteiger partial charge on any atom is 0.194 e. The van der Waals surface area contributed by atoms with Gasteiger partial charge >= 0.3 is 0 Å². The summed E-state index contributed by atoms with van der Waals surface area (Å²) in [5.74, 6) is -0.0257. The maximum absolute atomic E-state index is 12.1. The van der Waals surface area contributed by atoms with Crippen LogP contribution in [0.25, 0.3) is 0 Å². The summed E-state index contributed by atoms with van der Waals surface area (Å²) in [4.78, 5) is 16.2. The molecule has 0 bridgehead atoms. The van der Waals surface area contributed by atoms with Crippen LogP contribution in [-0.4, -0.2) is 10.8 Å².